The van der Waals surface area contributed by atoms with E-state index in [1.165, 1.54) is 12.1 Å². The molecule has 0 saturated heterocycles. The van der Waals surface area contributed by atoms with Gasteiger partial charge in [0, 0.05) is 35.2 Å². The van der Waals surface area contributed by atoms with Gasteiger partial charge in [0.2, 0.25) is 5.95 Å². The zero-order valence-corrected chi connectivity index (χ0v) is 15.7. The summed E-state index contributed by atoms with van der Waals surface area (Å²) in [5.41, 5.74) is 0.971. The molecule has 0 atom stereocenters. The predicted molar refractivity (Wildman–Crippen MR) is 103 cm³/mol. The summed E-state index contributed by atoms with van der Waals surface area (Å²) in [6.45, 7) is 5.95. The van der Waals surface area contributed by atoms with Crippen LogP contribution in [0.15, 0.2) is 54.9 Å². The molecule has 2 N–H and O–H groups in total. The highest BCUT2D eigenvalue weighted by Gasteiger charge is 2.29. The Morgan fingerprint density at radius 1 is 0.929 bits per heavy atom. The highest BCUT2D eigenvalue weighted by Crippen LogP contribution is 2.31. The van der Waals surface area contributed by atoms with Crippen LogP contribution in [0, 0.1) is 0 Å². The molecule has 8 heteroatoms. The van der Waals surface area contributed by atoms with Gasteiger partial charge in [0.05, 0.1) is 11.3 Å². The van der Waals surface area contributed by atoms with Gasteiger partial charge in [-0.1, -0.05) is 0 Å². The molecule has 0 bridgehead atoms. The Bertz CT molecular complexity index is 933. The zero-order valence-electron chi connectivity index (χ0n) is 15.7. The Balaban J connectivity index is 1.94. The van der Waals surface area contributed by atoms with E-state index in [0.717, 1.165) is 17.7 Å². The molecule has 0 aliphatic heterocycles. The summed E-state index contributed by atoms with van der Waals surface area (Å²) < 4.78 is 38.2. The van der Waals surface area contributed by atoms with Gasteiger partial charge < -0.3 is 10.6 Å². The average Bonchev–Trinajstić information content (AvgIpc) is 2.60. The van der Waals surface area contributed by atoms with Gasteiger partial charge in [-0.15, -0.1) is 0 Å². The van der Waals surface area contributed by atoms with Crippen molar-refractivity contribution in [3.05, 3.63) is 60.4 Å². The fourth-order valence-electron chi connectivity index (χ4n) is 2.46. The van der Waals surface area contributed by atoms with Crippen LogP contribution in [0.4, 0.5) is 30.6 Å². The lowest BCUT2D eigenvalue weighted by Gasteiger charge is -2.21. The molecule has 5 nitrogen and oxygen atoms in total. The molecule has 0 radical (unpaired) electrons. The number of halogens is 3. The first-order valence-corrected chi connectivity index (χ1v) is 8.62. The summed E-state index contributed by atoms with van der Waals surface area (Å²) in [5, 5.41) is 6.26. The number of alkyl halides is 3. The molecule has 0 saturated carbocycles. The van der Waals surface area contributed by atoms with Crippen molar-refractivity contribution in [2.75, 3.05) is 10.6 Å². The first-order chi connectivity index (χ1) is 13.1. The van der Waals surface area contributed by atoms with Crippen LogP contribution in [0.3, 0.4) is 0 Å². The van der Waals surface area contributed by atoms with Gasteiger partial charge in [-0.3, -0.25) is 4.98 Å². The Kier molecular flexibility index (Phi) is 5.22. The molecule has 28 heavy (non-hydrogen) atoms. The lowest BCUT2D eigenvalue weighted by molar-refractivity contribution is -0.137. The smallest absolute Gasteiger partial charge is 0.350 e. The normalized spacial score (nSPS) is 11.9. The van der Waals surface area contributed by atoms with Gasteiger partial charge >= 0.3 is 6.18 Å². The second kappa shape index (κ2) is 7.46. The lowest BCUT2D eigenvalue weighted by atomic mass is 10.1. The van der Waals surface area contributed by atoms with Crippen LogP contribution in [-0.2, 0) is 6.18 Å². The number of benzene rings is 1. The van der Waals surface area contributed by atoms with Crippen LogP contribution in [0.1, 0.15) is 26.3 Å². The van der Waals surface area contributed by atoms with Gasteiger partial charge in [-0.05, 0) is 57.2 Å². The highest BCUT2D eigenvalue weighted by molar-refractivity contribution is 5.67. The van der Waals surface area contributed by atoms with Crippen molar-refractivity contribution in [1.82, 2.24) is 15.0 Å². The van der Waals surface area contributed by atoms with Crippen LogP contribution in [0.5, 0.6) is 0 Å². The summed E-state index contributed by atoms with van der Waals surface area (Å²) in [5.74, 6) is 0.864. The minimum absolute atomic E-state index is 0.265. The van der Waals surface area contributed by atoms with E-state index in [4.69, 9.17) is 0 Å². The zero-order chi connectivity index (χ0) is 20.4. The van der Waals surface area contributed by atoms with Crippen LogP contribution in [-0.4, -0.2) is 20.5 Å². The van der Waals surface area contributed by atoms with E-state index in [9.17, 15) is 13.2 Å². The maximum Gasteiger partial charge on any atom is 0.416 e. The van der Waals surface area contributed by atoms with E-state index in [0.29, 0.717) is 23.1 Å². The van der Waals surface area contributed by atoms with Gasteiger partial charge in [0.15, 0.2) is 0 Å². The molecule has 2 heterocycles. The van der Waals surface area contributed by atoms with Crippen molar-refractivity contribution in [3.8, 4) is 11.3 Å². The van der Waals surface area contributed by atoms with Gasteiger partial charge in [0.25, 0.3) is 0 Å². The molecule has 0 unspecified atom stereocenters. The first kappa shape index (κ1) is 19.6. The number of aromatic nitrogens is 3. The third-order valence-electron chi connectivity index (χ3n) is 3.65. The topological polar surface area (TPSA) is 62.7 Å². The van der Waals surface area contributed by atoms with Crippen molar-refractivity contribution in [2.45, 2.75) is 32.5 Å². The number of nitrogens with one attached hydrogen (secondary N) is 2. The fourth-order valence-corrected chi connectivity index (χ4v) is 2.46. The SMILES string of the molecule is CC(C)(C)Nc1nc(Nc2ccc(C(F)(F)F)cc2)cc(-c2cccnc2)n1. The van der Waals surface area contributed by atoms with Gasteiger partial charge in [-0.25, -0.2) is 4.98 Å². The molecule has 1 aromatic carbocycles. The van der Waals surface area contributed by atoms with E-state index >= 15 is 0 Å². The number of hydrogen-bond donors (Lipinski definition) is 2. The Labute approximate surface area is 161 Å². The quantitative estimate of drug-likeness (QED) is 0.618. The molecule has 0 amide bonds. The Morgan fingerprint density at radius 3 is 2.21 bits per heavy atom. The molecule has 3 rings (SSSR count). The summed E-state index contributed by atoms with van der Waals surface area (Å²) in [6, 6.07) is 10.2. The Morgan fingerprint density at radius 2 is 1.64 bits per heavy atom. The molecule has 0 fully saturated rings. The van der Waals surface area contributed by atoms with E-state index in [2.05, 4.69) is 25.6 Å². The van der Waals surface area contributed by atoms with E-state index in [1.54, 1.807) is 24.5 Å². The molecule has 2 aromatic heterocycles. The van der Waals surface area contributed by atoms with Crippen molar-refractivity contribution in [3.63, 3.8) is 0 Å². The van der Waals surface area contributed by atoms with Crippen molar-refractivity contribution in [1.29, 1.82) is 0 Å². The number of rotatable bonds is 4. The molecule has 0 spiro atoms. The van der Waals surface area contributed by atoms with Crippen molar-refractivity contribution >= 4 is 17.5 Å². The van der Waals surface area contributed by atoms with E-state index < -0.39 is 11.7 Å². The van der Waals surface area contributed by atoms with Crippen LogP contribution < -0.4 is 10.6 Å². The number of anilines is 3. The molecule has 0 aliphatic rings. The minimum Gasteiger partial charge on any atom is -0.350 e. The summed E-state index contributed by atoms with van der Waals surface area (Å²) in [6.07, 6.45) is -1.02. The summed E-state index contributed by atoms with van der Waals surface area (Å²) >= 11 is 0. The number of nitrogens with zero attached hydrogens (tertiary/aromatic N) is 3. The molecule has 0 aliphatic carbocycles. The maximum absolute atomic E-state index is 12.7. The molecular weight excluding hydrogens is 367 g/mol. The second-order valence-electron chi connectivity index (χ2n) is 7.28. The maximum atomic E-state index is 12.7. The largest absolute Gasteiger partial charge is 0.416 e. The molecule has 146 valence electrons. The third kappa shape index (κ3) is 5.18. The monoisotopic (exact) mass is 387 g/mol. The summed E-state index contributed by atoms with van der Waals surface area (Å²) in [7, 11) is 0. The highest BCUT2D eigenvalue weighted by atomic mass is 19.4. The molecular formula is C20H20F3N5. The predicted octanol–water partition coefficient (Wildman–Crippen LogP) is 5.51. The average molecular weight is 387 g/mol. The third-order valence-corrected chi connectivity index (χ3v) is 3.65. The van der Waals surface area contributed by atoms with Gasteiger partial charge in [0.1, 0.15) is 5.82 Å². The van der Waals surface area contributed by atoms with Crippen molar-refractivity contribution in [2.24, 2.45) is 0 Å². The Hall–Kier alpha value is -3.16. The van der Waals surface area contributed by atoms with Crippen molar-refractivity contribution < 1.29 is 13.2 Å². The number of pyridine rings is 1. The fraction of sp³-hybridized carbons (Fsp3) is 0.250. The van der Waals surface area contributed by atoms with Crippen LogP contribution in [0.25, 0.3) is 11.3 Å². The lowest BCUT2D eigenvalue weighted by Crippen LogP contribution is -2.27. The number of hydrogen-bond acceptors (Lipinski definition) is 5. The van der Waals surface area contributed by atoms with E-state index in [1.807, 2.05) is 26.8 Å². The second-order valence-corrected chi connectivity index (χ2v) is 7.28. The minimum atomic E-state index is -4.37. The standard InChI is InChI=1S/C20H20F3N5/c1-19(2,3)28-18-26-16(13-5-4-10-24-12-13)11-17(27-18)25-15-8-6-14(7-9-15)20(21,22)23/h4-12H,1-3H3,(H2,25,26,27,28). The van der Waals surface area contributed by atoms with Gasteiger partial charge in [-0.2, -0.15) is 18.2 Å². The van der Waals surface area contributed by atoms with Crippen LogP contribution in [0.2, 0.25) is 0 Å². The molecule has 3 aromatic rings. The van der Waals surface area contributed by atoms with Crippen LogP contribution >= 0.6 is 0 Å². The summed E-state index contributed by atoms with van der Waals surface area (Å²) in [4.78, 5) is 13.1. The van der Waals surface area contributed by atoms with E-state index in [-0.39, 0.29) is 5.54 Å². The first-order valence-electron chi connectivity index (χ1n) is 8.62.